The number of carbonyl (C=O) groups excluding carboxylic acids is 2. The molecule has 2 aromatic carbocycles. The zero-order valence-electron chi connectivity index (χ0n) is 18.3. The second kappa shape index (κ2) is 12.2. The number of rotatable bonds is 10. The van der Waals surface area contributed by atoms with Crippen molar-refractivity contribution in [1.29, 1.82) is 0 Å². The van der Waals surface area contributed by atoms with Crippen LogP contribution in [0.1, 0.15) is 36.5 Å². The van der Waals surface area contributed by atoms with Crippen molar-refractivity contribution in [2.24, 2.45) is 4.99 Å². The highest BCUT2D eigenvalue weighted by atomic mass is 16.5. The fourth-order valence-corrected chi connectivity index (χ4v) is 3.27. The largest absolute Gasteiger partial charge is 0.443 e. The van der Waals surface area contributed by atoms with Crippen molar-refractivity contribution in [3.63, 3.8) is 0 Å². The number of nitrogens with zero attached hydrogens (tertiary/aromatic N) is 2. The fraction of sp³-hybridized carbons (Fsp3) is 0.269. The topological polar surface area (TPSA) is 71.6 Å². The summed E-state index contributed by atoms with van der Waals surface area (Å²) in [5, 5.41) is 2.75. The van der Waals surface area contributed by atoms with Gasteiger partial charge < -0.3 is 4.74 Å². The van der Waals surface area contributed by atoms with Crippen molar-refractivity contribution < 1.29 is 18.9 Å². The number of anilines is 1. The average molecular weight is 431 g/mol. The smallest absolute Gasteiger partial charge is 0.411 e. The van der Waals surface area contributed by atoms with Gasteiger partial charge >= 0.3 is 6.09 Å². The van der Waals surface area contributed by atoms with E-state index in [9.17, 15) is 9.59 Å². The first-order valence-electron chi connectivity index (χ1n) is 10.8. The Morgan fingerprint density at radius 1 is 0.969 bits per heavy atom. The van der Waals surface area contributed by atoms with Gasteiger partial charge in [-0.25, -0.2) is 14.2 Å². The van der Waals surface area contributed by atoms with E-state index in [4.69, 9.17) is 4.74 Å². The van der Waals surface area contributed by atoms with Crippen LogP contribution in [-0.4, -0.2) is 18.8 Å². The van der Waals surface area contributed by atoms with E-state index in [1.807, 2.05) is 53.4 Å². The van der Waals surface area contributed by atoms with E-state index in [2.05, 4.69) is 29.4 Å². The first kappa shape index (κ1) is 22.9. The summed E-state index contributed by atoms with van der Waals surface area (Å²) in [6, 6.07) is 19.3. The van der Waals surface area contributed by atoms with Crippen LogP contribution in [0.5, 0.6) is 0 Å². The molecule has 0 saturated heterocycles. The molecule has 0 radical (unpaired) electrons. The number of ether oxygens (including phenoxy) is 1. The van der Waals surface area contributed by atoms with Crippen molar-refractivity contribution in [2.75, 3.05) is 11.9 Å². The lowest BCUT2D eigenvalue weighted by atomic mass is 10.0. The number of aromatic nitrogens is 1. The molecular formula is C26H28N3O3+. The van der Waals surface area contributed by atoms with Crippen LogP contribution < -0.4 is 9.88 Å². The van der Waals surface area contributed by atoms with Gasteiger partial charge in [0.2, 0.25) is 6.08 Å². The summed E-state index contributed by atoms with van der Waals surface area (Å²) in [4.78, 5) is 25.9. The summed E-state index contributed by atoms with van der Waals surface area (Å²) in [6.07, 6.45) is 9.33. The molecule has 32 heavy (non-hydrogen) atoms. The highest BCUT2D eigenvalue weighted by molar-refractivity contribution is 5.84. The number of pyridine rings is 1. The van der Waals surface area contributed by atoms with Crippen molar-refractivity contribution in [3.8, 4) is 0 Å². The number of aryl methyl sites for hydroxylation is 1. The van der Waals surface area contributed by atoms with Crippen molar-refractivity contribution >= 4 is 23.5 Å². The zero-order valence-corrected chi connectivity index (χ0v) is 18.3. The van der Waals surface area contributed by atoms with E-state index in [1.54, 1.807) is 12.1 Å². The minimum Gasteiger partial charge on any atom is -0.443 e. The van der Waals surface area contributed by atoms with Crippen LogP contribution in [0.3, 0.4) is 0 Å². The van der Waals surface area contributed by atoms with Gasteiger partial charge in [-0.3, -0.25) is 5.32 Å². The molecule has 0 unspecified atom stereocenters. The summed E-state index contributed by atoms with van der Waals surface area (Å²) >= 11 is 0. The second-order valence-electron chi connectivity index (χ2n) is 7.55. The molecule has 0 spiro atoms. The number of carbonyl (C=O) groups is 1. The molecule has 6 heteroatoms. The standard InChI is InChI=1S/C26H27N3O3/c1-2-3-4-21-13-15-29(16-14-21)17-18-32-26(31)28-25-11-7-23(8-12-25)19-22-5-9-24(10-6-22)27-20-30/h5-16H,2-4,17-19H2,1H3/p+1. The predicted molar refractivity (Wildman–Crippen MR) is 124 cm³/mol. The predicted octanol–water partition coefficient (Wildman–Crippen LogP) is 5.12. The molecule has 164 valence electrons. The van der Waals surface area contributed by atoms with Crippen LogP contribution in [0.4, 0.5) is 16.2 Å². The molecule has 1 amide bonds. The molecule has 6 nitrogen and oxygen atoms in total. The summed E-state index contributed by atoms with van der Waals surface area (Å²) in [5.74, 6) is 0. The zero-order chi connectivity index (χ0) is 22.6. The maximum Gasteiger partial charge on any atom is 0.411 e. The second-order valence-corrected chi connectivity index (χ2v) is 7.55. The molecule has 3 aromatic rings. The van der Waals surface area contributed by atoms with Gasteiger partial charge in [0.25, 0.3) is 0 Å². The van der Waals surface area contributed by atoms with Crippen LogP contribution in [0.25, 0.3) is 0 Å². The van der Waals surface area contributed by atoms with Crippen LogP contribution >= 0.6 is 0 Å². The van der Waals surface area contributed by atoms with E-state index in [-0.39, 0.29) is 0 Å². The van der Waals surface area contributed by atoms with E-state index in [1.165, 1.54) is 24.5 Å². The lowest BCUT2D eigenvalue weighted by Gasteiger charge is -2.07. The Kier molecular flexibility index (Phi) is 8.72. The van der Waals surface area contributed by atoms with Crippen LogP contribution in [0.15, 0.2) is 78.0 Å². The Morgan fingerprint density at radius 3 is 2.25 bits per heavy atom. The maximum atomic E-state index is 12.1. The summed E-state index contributed by atoms with van der Waals surface area (Å²) in [6.45, 7) is 3.10. The molecule has 0 atom stereocenters. The third-order valence-corrected chi connectivity index (χ3v) is 5.08. The van der Waals surface area contributed by atoms with Crippen molar-refractivity contribution in [3.05, 3.63) is 89.7 Å². The van der Waals surface area contributed by atoms with Gasteiger partial charge in [-0.1, -0.05) is 37.6 Å². The van der Waals surface area contributed by atoms with Gasteiger partial charge in [-0.05, 0) is 60.2 Å². The summed E-state index contributed by atoms with van der Waals surface area (Å²) < 4.78 is 7.30. The quantitative estimate of drug-likeness (QED) is 0.276. The number of amides is 1. The molecule has 3 rings (SSSR count). The van der Waals surface area contributed by atoms with Gasteiger partial charge in [-0.2, -0.15) is 4.99 Å². The Labute approximate surface area is 188 Å². The Morgan fingerprint density at radius 2 is 1.62 bits per heavy atom. The third-order valence-electron chi connectivity index (χ3n) is 5.08. The van der Waals surface area contributed by atoms with Crippen LogP contribution in [0, 0.1) is 0 Å². The number of benzene rings is 2. The number of nitrogens with one attached hydrogen (secondary N) is 1. The van der Waals surface area contributed by atoms with Gasteiger partial charge in [-0.15, -0.1) is 0 Å². The lowest BCUT2D eigenvalue weighted by molar-refractivity contribution is -0.697. The molecule has 0 saturated carbocycles. The minimum absolute atomic E-state index is 0.299. The van der Waals surface area contributed by atoms with E-state index >= 15 is 0 Å². The molecule has 0 aliphatic carbocycles. The highest BCUT2D eigenvalue weighted by Gasteiger charge is 2.07. The van der Waals surface area contributed by atoms with Gasteiger partial charge in [0.15, 0.2) is 25.5 Å². The van der Waals surface area contributed by atoms with Gasteiger partial charge in [0.05, 0.1) is 5.69 Å². The molecule has 0 aliphatic rings. The highest BCUT2D eigenvalue weighted by Crippen LogP contribution is 2.17. The monoisotopic (exact) mass is 430 g/mol. The molecule has 1 heterocycles. The number of isocyanates is 1. The van der Waals surface area contributed by atoms with E-state index in [0.29, 0.717) is 24.5 Å². The van der Waals surface area contributed by atoms with Crippen molar-refractivity contribution in [2.45, 2.75) is 39.2 Å². The molecule has 0 aliphatic heterocycles. The van der Waals surface area contributed by atoms with Gasteiger partial charge in [0, 0.05) is 17.8 Å². The van der Waals surface area contributed by atoms with Crippen LogP contribution in [-0.2, 0) is 28.9 Å². The van der Waals surface area contributed by atoms with E-state index in [0.717, 1.165) is 24.0 Å². The minimum atomic E-state index is -0.468. The summed E-state index contributed by atoms with van der Waals surface area (Å²) in [7, 11) is 0. The lowest BCUT2D eigenvalue weighted by Crippen LogP contribution is -2.36. The van der Waals surface area contributed by atoms with Crippen molar-refractivity contribution in [1.82, 2.24) is 0 Å². The van der Waals surface area contributed by atoms with Crippen LogP contribution in [0.2, 0.25) is 0 Å². The molecule has 1 aromatic heterocycles. The first-order chi connectivity index (χ1) is 15.7. The average Bonchev–Trinajstić information content (AvgIpc) is 2.81. The number of hydrogen-bond acceptors (Lipinski definition) is 4. The molecule has 0 bridgehead atoms. The molecule has 1 N–H and O–H groups in total. The molecular weight excluding hydrogens is 402 g/mol. The Balaban J connectivity index is 1.41. The Hall–Kier alpha value is -3.76. The Bertz CT molecular complexity index is 1040. The summed E-state index contributed by atoms with van der Waals surface area (Å²) in [5.41, 5.74) is 4.81. The maximum absolute atomic E-state index is 12.1. The molecule has 0 fully saturated rings. The van der Waals surface area contributed by atoms with Gasteiger partial charge in [0.1, 0.15) is 0 Å². The number of aliphatic imine (C=N–C) groups is 1. The number of hydrogen-bond donors (Lipinski definition) is 1. The SMILES string of the molecule is CCCCc1cc[n+](CCOC(=O)Nc2ccc(Cc3ccc(N=C=O)cc3)cc2)cc1. The normalized spacial score (nSPS) is 10.3. The van der Waals surface area contributed by atoms with E-state index < -0.39 is 6.09 Å². The number of unbranched alkanes of at least 4 members (excludes halogenated alkanes) is 1. The third kappa shape index (κ3) is 7.49. The fourth-order valence-electron chi connectivity index (χ4n) is 3.27. The first-order valence-corrected chi connectivity index (χ1v) is 10.8.